The molecule has 1 aliphatic heterocycles. The summed E-state index contributed by atoms with van der Waals surface area (Å²) in [7, 11) is 0. The summed E-state index contributed by atoms with van der Waals surface area (Å²) >= 11 is 5.85. The lowest BCUT2D eigenvalue weighted by Gasteiger charge is -2.20. The zero-order valence-corrected chi connectivity index (χ0v) is 10.7. The van der Waals surface area contributed by atoms with Gasteiger partial charge in [-0.25, -0.2) is 0 Å². The van der Waals surface area contributed by atoms with Crippen LogP contribution in [0.5, 0.6) is 5.75 Å². The van der Waals surface area contributed by atoms with Gasteiger partial charge in [-0.1, -0.05) is 17.7 Å². The van der Waals surface area contributed by atoms with Gasteiger partial charge in [0.05, 0.1) is 11.1 Å². The topological polar surface area (TPSA) is 41.5 Å². The quantitative estimate of drug-likeness (QED) is 0.869. The van der Waals surface area contributed by atoms with Gasteiger partial charge in [0.2, 0.25) is 0 Å². The number of benzene rings is 1. The Balaban J connectivity index is 1.86. The van der Waals surface area contributed by atoms with E-state index in [4.69, 9.17) is 16.3 Å². The van der Waals surface area contributed by atoms with Crippen molar-refractivity contribution in [3.8, 4) is 5.75 Å². The van der Waals surface area contributed by atoms with Crippen molar-refractivity contribution in [1.29, 1.82) is 0 Å². The summed E-state index contributed by atoms with van der Waals surface area (Å²) in [5.74, 6) is 0.127. The molecular formula is C13H18ClNO2. The van der Waals surface area contributed by atoms with Crippen LogP contribution >= 0.6 is 11.6 Å². The average molecular weight is 256 g/mol. The monoisotopic (exact) mass is 255 g/mol. The molecule has 0 bridgehead atoms. The zero-order chi connectivity index (χ0) is 12.3. The minimum Gasteiger partial charge on any atom is -0.506 e. The summed E-state index contributed by atoms with van der Waals surface area (Å²) < 4.78 is 5.62. The third-order valence-corrected chi connectivity index (χ3v) is 3.47. The summed E-state index contributed by atoms with van der Waals surface area (Å²) in [4.78, 5) is 0. The molecule has 1 aromatic carbocycles. The molecule has 0 aromatic heterocycles. The second-order valence-corrected chi connectivity index (χ2v) is 4.91. The van der Waals surface area contributed by atoms with Crippen LogP contribution < -0.4 is 5.32 Å². The molecule has 94 valence electrons. The number of hydrogen-bond acceptors (Lipinski definition) is 3. The normalized spacial score (nSPS) is 21.6. The van der Waals surface area contributed by atoms with Gasteiger partial charge in [0, 0.05) is 19.2 Å². The van der Waals surface area contributed by atoms with E-state index < -0.39 is 0 Å². The van der Waals surface area contributed by atoms with Gasteiger partial charge in [0.1, 0.15) is 5.75 Å². The number of halogens is 1. The van der Waals surface area contributed by atoms with Crippen molar-refractivity contribution in [2.45, 2.75) is 38.5 Å². The summed E-state index contributed by atoms with van der Waals surface area (Å²) in [6.45, 7) is 3.75. The number of ether oxygens (including phenoxy) is 1. The molecule has 1 aromatic rings. The number of phenolic OH excluding ortho intramolecular Hbond substituents is 1. The Morgan fingerprint density at radius 1 is 1.59 bits per heavy atom. The van der Waals surface area contributed by atoms with Crippen LogP contribution in [-0.2, 0) is 11.3 Å². The van der Waals surface area contributed by atoms with E-state index in [1.807, 2.05) is 6.07 Å². The molecule has 1 aliphatic rings. The second kappa shape index (κ2) is 5.71. The van der Waals surface area contributed by atoms with E-state index in [9.17, 15) is 5.11 Å². The lowest BCUT2D eigenvalue weighted by molar-refractivity contribution is 0.0832. The van der Waals surface area contributed by atoms with Crippen LogP contribution in [0.25, 0.3) is 0 Å². The van der Waals surface area contributed by atoms with E-state index in [2.05, 4.69) is 12.2 Å². The highest BCUT2D eigenvalue weighted by Gasteiger charge is 2.21. The molecule has 1 saturated heterocycles. The van der Waals surface area contributed by atoms with E-state index in [1.165, 1.54) is 0 Å². The maximum atomic E-state index is 9.32. The molecule has 4 heteroatoms. The smallest absolute Gasteiger partial charge is 0.134 e. The van der Waals surface area contributed by atoms with Gasteiger partial charge < -0.3 is 15.2 Å². The SMILES string of the molecule is CC(NCc1ccc(O)c(Cl)c1)C1CCCO1. The Kier molecular flexibility index (Phi) is 4.26. The van der Waals surface area contributed by atoms with E-state index >= 15 is 0 Å². The molecule has 1 heterocycles. The van der Waals surface area contributed by atoms with Gasteiger partial charge in [0.25, 0.3) is 0 Å². The minimum absolute atomic E-state index is 0.127. The average Bonchev–Trinajstić information content (AvgIpc) is 2.84. The fourth-order valence-electron chi connectivity index (χ4n) is 2.07. The first-order valence-corrected chi connectivity index (χ1v) is 6.37. The third kappa shape index (κ3) is 3.35. The maximum Gasteiger partial charge on any atom is 0.134 e. The highest BCUT2D eigenvalue weighted by molar-refractivity contribution is 6.32. The highest BCUT2D eigenvalue weighted by Crippen LogP contribution is 2.23. The Morgan fingerprint density at radius 2 is 2.41 bits per heavy atom. The van der Waals surface area contributed by atoms with Crippen LogP contribution in [-0.4, -0.2) is 23.9 Å². The number of nitrogens with one attached hydrogen (secondary N) is 1. The molecule has 0 spiro atoms. The van der Waals surface area contributed by atoms with Crippen LogP contribution in [0.3, 0.4) is 0 Å². The molecule has 2 atom stereocenters. The van der Waals surface area contributed by atoms with Gasteiger partial charge in [-0.2, -0.15) is 0 Å². The van der Waals surface area contributed by atoms with Crippen molar-refractivity contribution in [3.05, 3.63) is 28.8 Å². The van der Waals surface area contributed by atoms with Gasteiger partial charge >= 0.3 is 0 Å². The fraction of sp³-hybridized carbons (Fsp3) is 0.538. The lowest BCUT2D eigenvalue weighted by Crippen LogP contribution is -2.36. The molecule has 0 radical (unpaired) electrons. The van der Waals surface area contributed by atoms with Gasteiger partial charge in [-0.05, 0) is 37.5 Å². The third-order valence-electron chi connectivity index (χ3n) is 3.16. The largest absolute Gasteiger partial charge is 0.506 e. The van der Waals surface area contributed by atoms with Crippen molar-refractivity contribution in [2.24, 2.45) is 0 Å². The molecule has 3 nitrogen and oxygen atoms in total. The highest BCUT2D eigenvalue weighted by atomic mass is 35.5. The molecule has 1 fully saturated rings. The molecule has 0 saturated carbocycles. The Hall–Kier alpha value is -0.770. The molecule has 0 amide bonds. The van der Waals surface area contributed by atoms with Gasteiger partial charge in [-0.15, -0.1) is 0 Å². The molecule has 2 N–H and O–H groups in total. The number of rotatable bonds is 4. The number of phenols is 1. The van der Waals surface area contributed by atoms with Crippen molar-refractivity contribution >= 4 is 11.6 Å². The van der Waals surface area contributed by atoms with E-state index in [0.717, 1.165) is 31.6 Å². The maximum absolute atomic E-state index is 9.32. The fourth-order valence-corrected chi connectivity index (χ4v) is 2.27. The summed E-state index contributed by atoms with van der Waals surface area (Å²) in [6.07, 6.45) is 2.61. The standard InChI is InChI=1S/C13H18ClNO2/c1-9(13-3-2-6-17-13)15-8-10-4-5-12(16)11(14)7-10/h4-5,7,9,13,15-16H,2-3,6,8H2,1H3. The van der Waals surface area contributed by atoms with Gasteiger partial charge in [0.15, 0.2) is 0 Å². The summed E-state index contributed by atoms with van der Waals surface area (Å²) in [5.41, 5.74) is 1.07. The van der Waals surface area contributed by atoms with Crippen LogP contribution in [0.1, 0.15) is 25.3 Å². The Morgan fingerprint density at radius 3 is 3.06 bits per heavy atom. The first-order chi connectivity index (χ1) is 8.16. The van der Waals surface area contributed by atoms with Crippen molar-refractivity contribution < 1.29 is 9.84 Å². The van der Waals surface area contributed by atoms with Crippen LogP contribution in [0.4, 0.5) is 0 Å². The van der Waals surface area contributed by atoms with Crippen LogP contribution in [0.15, 0.2) is 18.2 Å². The molecule has 0 aliphatic carbocycles. The first-order valence-electron chi connectivity index (χ1n) is 5.99. The summed E-state index contributed by atoms with van der Waals surface area (Å²) in [6, 6.07) is 5.61. The zero-order valence-electron chi connectivity index (χ0n) is 9.95. The molecule has 2 rings (SSSR count). The predicted molar refractivity (Wildman–Crippen MR) is 68.4 cm³/mol. The molecule has 2 unspecified atom stereocenters. The van der Waals surface area contributed by atoms with E-state index in [-0.39, 0.29) is 5.75 Å². The number of aromatic hydroxyl groups is 1. The van der Waals surface area contributed by atoms with Crippen LogP contribution in [0.2, 0.25) is 5.02 Å². The van der Waals surface area contributed by atoms with Crippen LogP contribution in [0, 0.1) is 0 Å². The first kappa shape index (κ1) is 12.7. The lowest BCUT2D eigenvalue weighted by atomic mass is 10.1. The Labute approximate surface area is 107 Å². The van der Waals surface area contributed by atoms with Gasteiger partial charge in [-0.3, -0.25) is 0 Å². The van der Waals surface area contributed by atoms with E-state index in [0.29, 0.717) is 17.2 Å². The van der Waals surface area contributed by atoms with Crippen molar-refractivity contribution in [3.63, 3.8) is 0 Å². The van der Waals surface area contributed by atoms with Crippen molar-refractivity contribution in [2.75, 3.05) is 6.61 Å². The molecule has 17 heavy (non-hydrogen) atoms. The Bertz CT molecular complexity index is 378. The second-order valence-electron chi connectivity index (χ2n) is 4.51. The van der Waals surface area contributed by atoms with Crippen molar-refractivity contribution in [1.82, 2.24) is 5.32 Å². The minimum atomic E-state index is 0.127. The molecular weight excluding hydrogens is 238 g/mol. The van der Waals surface area contributed by atoms with E-state index in [1.54, 1.807) is 12.1 Å². The number of hydrogen-bond donors (Lipinski definition) is 2. The summed E-state index contributed by atoms with van der Waals surface area (Å²) in [5, 5.41) is 13.1. The predicted octanol–water partition coefficient (Wildman–Crippen LogP) is 2.70.